The summed E-state index contributed by atoms with van der Waals surface area (Å²) >= 11 is 3.44. The highest BCUT2D eigenvalue weighted by atomic mass is 79.9. The normalized spacial score (nSPS) is 24.4. The molecule has 0 saturated heterocycles. The van der Waals surface area contributed by atoms with Crippen LogP contribution in [0.2, 0.25) is 0 Å². The molecule has 0 spiro atoms. The number of hydrogen-bond acceptors (Lipinski definition) is 3. The quantitative estimate of drug-likeness (QED) is 0.897. The summed E-state index contributed by atoms with van der Waals surface area (Å²) in [5.74, 6) is 0.817. The highest BCUT2D eigenvalue weighted by Gasteiger charge is 2.24. The molecule has 1 fully saturated rings. The lowest BCUT2D eigenvalue weighted by atomic mass is 10.2. The van der Waals surface area contributed by atoms with E-state index in [4.69, 9.17) is 4.74 Å². The zero-order valence-corrected chi connectivity index (χ0v) is 10.8. The van der Waals surface area contributed by atoms with Gasteiger partial charge in [0.1, 0.15) is 5.75 Å². The molecule has 0 heterocycles. The summed E-state index contributed by atoms with van der Waals surface area (Å²) in [4.78, 5) is 0. The monoisotopic (exact) mass is 285 g/mol. The van der Waals surface area contributed by atoms with Gasteiger partial charge in [-0.15, -0.1) is 0 Å². The van der Waals surface area contributed by atoms with Gasteiger partial charge < -0.3 is 15.2 Å². The summed E-state index contributed by atoms with van der Waals surface area (Å²) in [7, 11) is 1.65. The molecule has 2 atom stereocenters. The minimum Gasteiger partial charge on any atom is -0.496 e. The maximum Gasteiger partial charge on any atom is 0.133 e. The van der Waals surface area contributed by atoms with E-state index >= 15 is 0 Å². The van der Waals surface area contributed by atoms with Crippen LogP contribution in [-0.2, 0) is 0 Å². The first-order valence-corrected chi connectivity index (χ1v) is 6.28. The van der Waals surface area contributed by atoms with Crippen LogP contribution in [0, 0.1) is 0 Å². The number of aliphatic hydroxyl groups is 1. The number of halogens is 1. The maximum absolute atomic E-state index is 9.72. The molecule has 1 aromatic rings. The zero-order valence-electron chi connectivity index (χ0n) is 9.24. The summed E-state index contributed by atoms with van der Waals surface area (Å²) in [5.41, 5.74) is 1.01. The van der Waals surface area contributed by atoms with Gasteiger partial charge in [-0.05, 0) is 53.4 Å². The Balaban J connectivity index is 2.07. The van der Waals surface area contributed by atoms with E-state index in [0.717, 1.165) is 35.2 Å². The van der Waals surface area contributed by atoms with Crippen molar-refractivity contribution in [3.05, 3.63) is 22.7 Å². The first kappa shape index (κ1) is 11.7. The van der Waals surface area contributed by atoms with Gasteiger partial charge in [-0.3, -0.25) is 0 Å². The second kappa shape index (κ2) is 5.06. The van der Waals surface area contributed by atoms with E-state index in [1.807, 2.05) is 18.2 Å². The smallest absolute Gasteiger partial charge is 0.133 e. The van der Waals surface area contributed by atoms with E-state index in [1.54, 1.807) is 7.11 Å². The first-order chi connectivity index (χ1) is 7.70. The predicted octanol–water partition coefficient (Wildman–Crippen LogP) is 2.78. The van der Waals surface area contributed by atoms with Crippen LogP contribution in [0.4, 0.5) is 5.69 Å². The summed E-state index contributed by atoms with van der Waals surface area (Å²) in [5, 5.41) is 13.1. The third kappa shape index (κ3) is 2.50. The van der Waals surface area contributed by atoms with E-state index in [1.165, 1.54) is 0 Å². The molecule has 0 bridgehead atoms. The second-order valence-corrected chi connectivity index (χ2v) is 4.95. The SMILES string of the molecule is COc1ccc(N[C@@H]2CCC[C@H]2O)cc1Br. The summed E-state index contributed by atoms with van der Waals surface area (Å²) in [6.45, 7) is 0. The molecule has 3 nitrogen and oxygen atoms in total. The number of ether oxygens (including phenoxy) is 1. The molecule has 1 aliphatic rings. The van der Waals surface area contributed by atoms with Gasteiger partial charge in [0, 0.05) is 5.69 Å². The van der Waals surface area contributed by atoms with Crippen LogP contribution >= 0.6 is 15.9 Å². The minimum atomic E-state index is -0.221. The molecule has 0 aliphatic heterocycles. The number of nitrogens with one attached hydrogen (secondary N) is 1. The average molecular weight is 286 g/mol. The number of aliphatic hydroxyl groups excluding tert-OH is 1. The fraction of sp³-hybridized carbons (Fsp3) is 0.500. The van der Waals surface area contributed by atoms with Crippen LogP contribution in [-0.4, -0.2) is 24.4 Å². The number of hydrogen-bond donors (Lipinski definition) is 2. The molecule has 1 aliphatic carbocycles. The molecule has 2 rings (SSSR count). The van der Waals surface area contributed by atoms with Crippen LogP contribution < -0.4 is 10.1 Å². The van der Waals surface area contributed by atoms with Crippen molar-refractivity contribution in [1.29, 1.82) is 0 Å². The molecule has 1 saturated carbocycles. The summed E-state index contributed by atoms with van der Waals surface area (Å²) < 4.78 is 6.09. The topological polar surface area (TPSA) is 41.5 Å². The number of anilines is 1. The summed E-state index contributed by atoms with van der Waals surface area (Å²) in [6.07, 6.45) is 2.80. The largest absolute Gasteiger partial charge is 0.496 e. The van der Waals surface area contributed by atoms with Gasteiger partial charge in [0.15, 0.2) is 0 Å². The lowest BCUT2D eigenvalue weighted by molar-refractivity contribution is 0.172. The Labute approximate surface area is 104 Å². The second-order valence-electron chi connectivity index (χ2n) is 4.10. The Morgan fingerprint density at radius 1 is 1.44 bits per heavy atom. The molecule has 0 radical (unpaired) electrons. The van der Waals surface area contributed by atoms with Crippen molar-refractivity contribution in [1.82, 2.24) is 0 Å². The van der Waals surface area contributed by atoms with Crippen LogP contribution in [0.3, 0.4) is 0 Å². The van der Waals surface area contributed by atoms with E-state index in [0.29, 0.717) is 0 Å². The van der Waals surface area contributed by atoms with Crippen molar-refractivity contribution in [2.24, 2.45) is 0 Å². The van der Waals surface area contributed by atoms with E-state index in [9.17, 15) is 5.11 Å². The Morgan fingerprint density at radius 3 is 2.81 bits per heavy atom. The van der Waals surface area contributed by atoms with Crippen molar-refractivity contribution in [2.75, 3.05) is 12.4 Å². The number of benzene rings is 1. The third-order valence-corrected chi connectivity index (χ3v) is 3.60. The van der Waals surface area contributed by atoms with Gasteiger partial charge in [0.25, 0.3) is 0 Å². The molecule has 2 N–H and O–H groups in total. The molecule has 4 heteroatoms. The van der Waals surface area contributed by atoms with Crippen molar-refractivity contribution in [2.45, 2.75) is 31.4 Å². The molecule has 16 heavy (non-hydrogen) atoms. The highest BCUT2D eigenvalue weighted by molar-refractivity contribution is 9.10. The zero-order chi connectivity index (χ0) is 11.5. The Morgan fingerprint density at radius 2 is 2.25 bits per heavy atom. The fourth-order valence-electron chi connectivity index (χ4n) is 2.08. The lowest BCUT2D eigenvalue weighted by Crippen LogP contribution is -2.27. The predicted molar refractivity (Wildman–Crippen MR) is 68.0 cm³/mol. The van der Waals surface area contributed by atoms with Crippen LogP contribution in [0.5, 0.6) is 5.75 Å². The standard InChI is InChI=1S/C12H16BrNO2/c1-16-12-6-5-8(7-9(12)13)14-10-3-2-4-11(10)15/h5-7,10-11,14-15H,2-4H2,1H3/t10-,11-/m1/s1. The van der Waals surface area contributed by atoms with Gasteiger partial charge in [-0.2, -0.15) is 0 Å². The van der Waals surface area contributed by atoms with Crippen molar-refractivity contribution in [3.8, 4) is 5.75 Å². The van der Waals surface area contributed by atoms with Crippen LogP contribution in [0.1, 0.15) is 19.3 Å². The Kier molecular flexibility index (Phi) is 3.71. The van der Waals surface area contributed by atoms with Crippen molar-refractivity contribution >= 4 is 21.6 Å². The highest BCUT2D eigenvalue weighted by Crippen LogP contribution is 2.29. The molecule has 0 amide bonds. The van der Waals surface area contributed by atoms with E-state index < -0.39 is 0 Å². The van der Waals surface area contributed by atoms with Gasteiger partial charge in [0.2, 0.25) is 0 Å². The molecular formula is C12H16BrNO2. The molecule has 0 unspecified atom stereocenters. The third-order valence-electron chi connectivity index (χ3n) is 2.98. The molecule has 88 valence electrons. The molecule has 0 aromatic heterocycles. The minimum absolute atomic E-state index is 0.181. The molecule has 1 aromatic carbocycles. The van der Waals surface area contributed by atoms with Gasteiger partial charge >= 0.3 is 0 Å². The lowest BCUT2D eigenvalue weighted by Gasteiger charge is -2.18. The maximum atomic E-state index is 9.72. The molecular weight excluding hydrogens is 270 g/mol. The van der Waals surface area contributed by atoms with Crippen molar-refractivity contribution in [3.63, 3.8) is 0 Å². The van der Waals surface area contributed by atoms with Gasteiger partial charge in [-0.1, -0.05) is 0 Å². The first-order valence-electron chi connectivity index (χ1n) is 5.49. The van der Waals surface area contributed by atoms with E-state index in [-0.39, 0.29) is 12.1 Å². The number of rotatable bonds is 3. The van der Waals surface area contributed by atoms with E-state index in [2.05, 4.69) is 21.2 Å². The van der Waals surface area contributed by atoms with Crippen LogP contribution in [0.25, 0.3) is 0 Å². The summed E-state index contributed by atoms with van der Waals surface area (Å²) in [6, 6.07) is 6.03. The van der Waals surface area contributed by atoms with Gasteiger partial charge in [0.05, 0.1) is 23.7 Å². The van der Waals surface area contributed by atoms with Crippen LogP contribution in [0.15, 0.2) is 22.7 Å². The average Bonchev–Trinajstić information content (AvgIpc) is 2.65. The van der Waals surface area contributed by atoms with Gasteiger partial charge in [-0.25, -0.2) is 0 Å². The Bertz CT molecular complexity index is 370. The Hall–Kier alpha value is -0.740. The fourth-order valence-corrected chi connectivity index (χ4v) is 2.62. The van der Waals surface area contributed by atoms with Crippen molar-refractivity contribution < 1.29 is 9.84 Å². The number of methoxy groups -OCH3 is 1.